The van der Waals surface area contributed by atoms with E-state index in [9.17, 15) is 4.79 Å². The number of carbonyl (C=O) groups is 1. The number of carbonyl (C=O) groups excluding carboxylic acids is 1. The van der Waals surface area contributed by atoms with Crippen LogP contribution in [0.25, 0.3) is 10.2 Å². The minimum Gasteiger partial charge on any atom is -0.378 e. The van der Waals surface area contributed by atoms with Gasteiger partial charge in [0.25, 0.3) is 5.91 Å². The van der Waals surface area contributed by atoms with Crippen LogP contribution < -0.4 is 0 Å². The first-order chi connectivity index (χ1) is 10.3. The molecule has 3 heterocycles. The fourth-order valence-electron chi connectivity index (χ4n) is 3.59. The monoisotopic (exact) mass is 304 g/mol. The maximum absolute atomic E-state index is 12.9. The molecule has 0 radical (unpaired) electrons. The summed E-state index contributed by atoms with van der Waals surface area (Å²) in [5, 5.41) is 2.12. The SMILES string of the molecule is O=C(c1cc2sccc2n1C1CCCC1)N1CCOCC1. The highest BCUT2D eigenvalue weighted by Crippen LogP contribution is 2.36. The van der Waals surface area contributed by atoms with Gasteiger partial charge in [-0.3, -0.25) is 4.79 Å². The third-order valence-corrected chi connectivity index (χ3v) is 5.52. The summed E-state index contributed by atoms with van der Waals surface area (Å²) in [7, 11) is 0. The molecule has 2 aliphatic rings. The number of morpholine rings is 1. The molecule has 0 bridgehead atoms. The highest BCUT2D eigenvalue weighted by atomic mass is 32.1. The van der Waals surface area contributed by atoms with E-state index in [1.165, 1.54) is 35.9 Å². The summed E-state index contributed by atoms with van der Waals surface area (Å²) in [4.78, 5) is 14.8. The van der Waals surface area contributed by atoms with Crippen molar-refractivity contribution in [1.82, 2.24) is 9.47 Å². The molecule has 1 saturated carbocycles. The van der Waals surface area contributed by atoms with E-state index in [4.69, 9.17) is 4.74 Å². The van der Waals surface area contributed by atoms with Crippen LogP contribution in [0.5, 0.6) is 0 Å². The standard InChI is InChI=1S/C16H20N2O2S/c19-16(17-6-8-20-9-7-17)14-11-15-13(5-10-21-15)18(14)12-3-1-2-4-12/h5,10-12H,1-4,6-9H2. The molecular weight excluding hydrogens is 284 g/mol. The van der Waals surface area contributed by atoms with Gasteiger partial charge in [-0.2, -0.15) is 0 Å². The molecule has 1 saturated heterocycles. The molecule has 1 aliphatic heterocycles. The van der Waals surface area contributed by atoms with Gasteiger partial charge in [0.1, 0.15) is 5.69 Å². The lowest BCUT2D eigenvalue weighted by Gasteiger charge is -2.28. The quantitative estimate of drug-likeness (QED) is 0.853. The van der Waals surface area contributed by atoms with Crippen molar-refractivity contribution in [3.63, 3.8) is 0 Å². The van der Waals surface area contributed by atoms with Crippen LogP contribution in [-0.4, -0.2) is 41.7 Å². The number of aromatic nitrogens is 1. The van der Waals surface area contributed by atoms with E-state index in [-0.39, 0.29) is 5.91 Å². The topological polar surface area (TPSA) is 34.5 Å². The predicted molar refractivity (Wildman–Crippen MR) is 84.0 cm³/mol. The maximum Gasteiger partial charge on any atom is 0.270 e. The molecule has 112 valence electrons. The van der Waals surface area contributed by atoms with Gasteiger partial charge in [-0.05, 0) is 30.4 Å². The molecule has 1 aliphatic carbocycles. The number of nitrogens with zero attached hydrogens (tertiary/aromatic N) is 2. The first-order valence-corrected chi connectivity index (χ1v) is 8.68. The zero-order valence-electron chi connectivity index (χ0n) is 12.1. The van der Waals surface area contributed by atoms with Gasteiger partial charge >= 0.3 is 0 Å². The number of thiophene rings is 1. The van der Waals surface area contributed by atoms with Crippen LogP contribution in [-0.2, 0) is 4.74 Å². The number of hydrogen-bond donors (Lipinski definition) is 0. The summed E-state index contributed by atoms with van der Waals surface area (Å²) in [6, 6.07) is 4.75. The van der Waals surface area contributed by atoms with Crippen molar-refractivity contribution in [2.75, 3.05) is 26.3 Å². The zero-order valence-corrected chi connectivity index (χ0v) is 12.9. The third-order valence-electron chi connectivity index (χ3n) is 4.67. The summed E-state index contributed by atoms with van der Waals surface area (Å²) >= 11 is 1.73. The van der Waals surface area contributed by atoms with Crippen molar-refractivity contribution >= 4 is 27.5 Å². The van der Waals surface area contributed by atoms with Gasteiger partial charge in [-0.1, -0.05) is 12.8 Å². The lowest BCUT2D eigenvalue weighted by molar-refractivity contribution is 0.0295. The van der Waals surface area contributed by atoms with E-state index in [0.717, 1.165) is 5.69 Å². The molecule has 21 heavy (non-hydrogen) atoms. The molecule has 0 aromatic carbocycles. The van der Waals surface area contributed by atoms with E-state index in [2.05, 4.69) is 22.1 Å². The highest BCUT2D eigenvalue weighted by molar-refractivity contribution is 7.17. The summed E-state index contributed by atoms with van der Waals surface area (Å²) < 4.78 is 8.91. The van der Waals surface area contributed by atoms with Crippen molar-refractivity contribution < 1.29 is 9.53 Å². The van der Waals surface area contributed by atoms with Crippen molar-refractivity contribution in [3.05, 3.63) is 23.2 Å². The second-order valence-corrected chi connectivity index (χ2v) is 6.86. The number of fused-ring (bicyclic) bond motifs is 1. The Morgan fingerprint density at radius 1 is 1.24 bits per heavy atom. The Morgan fingerprint density at radius 3 is 2.76 bits per heavy atom. The fraction of sp³-hybridized carbons (Fsp3) is 0.562. The number of hydrogen-bond acceptors (Lipinski definition) is 3. The smallest absolute Gasteiger partial charge is 0.270 e. The van der Waals surface area contributed by atoms with E-state index in [1.807, 2.05) is 4.90 Å². The van der Waals surface area contributed by atoms with E-state index < -0.39 is 0 Å². The Labute approximate surface area is 128 Å². The van der Waals surface area contributed by atoms with Crippen LogP contribution in [0, 0.1) is 0 Å². The van der Waals surface area contributed by atoms with Crippen LogP contribution in [0.4, 0.5) is 0 Å². The predicted octanol–water partition coefficient (Wildman–Crippen LogP) is 3.29. The van der Waals surface area contributed by atoms with Crippen molar-refractivity contribution in [3.8, 4) is 0 Å². The van der Waals surface area contributed by atoms with Gasteiger partial charge in [-0.15, -0.1) is 11.3 Å². The van der Waals surface area contributed by atoms with E-state index in [1.54, 1.807) is 11.3 Å². The van der Waals surface area contributed by atoms with Gasteiger partial charge in [0, 0.05) is 19.1 Å². The fourth-order valence-corrected chi connectivity index (χ4v) is 4.40. The van der Waals surface area contributed by atoms with Crippen LogP contribution in [0.2, 0.25) is 0 Å². The van der Waals surface area contributed by atoms with Gasteiger partial charge in [-0.25, -0.2) is 0 Å². The summed E-state index contributed by atoms with van der Waals surface area (Å²) in [5.74, 6) is 0.175. The van der Waals surface area contributed by atoms with Gasteiger partial charge in [0.15, 0.2) is 0 Å². The molecule has 5 heteroatoms. The molecule has 4 rings (SSSR count). The number of ether oxygens (including phenoxy) is 1. The summed E-state index contributed by atoms with van der Waals surface area (Å²) in [6.45, 7) is 2.74. The van der Waals surface area contributed by atoms with Gasteiger partial charge < -0.3 is 14.2 Å². The first kappa shape index (κ1) is 13.3. The number of amides is 1. The van der Waals surface area contributed by atoms with Crippen molar-refractivity contribution in [2.45, 2.75) is 31.7 Å². The van der Waals surface area contributed by atoms with Crippen molar-refractivity contribution in [2.24, 2.45) is 0 Å². The average molecular weight is 304 g/mol. The summed E-state index contributed by atoms with van der Waals surface area (Å²) in [6.07, 6.45) is 4.95. The Kier molecular flexibility index (Phi) is 3.47. The molecule has 0 spiro atoms. The molecule has 2 aromatic rings. The second kappa shape index (κ2) is 5.46. The Balaban J connectivity index is 1.74. The van der Waals surface area contributed by atoms with Crippen molar-refractivity contribution in [1.29, 1.82) is 0 Å². The lowest BCUT2D eigenvalue weighted by atomic mass is 10.2. The summed E-state index contributed by atoms with van der Waals surface area (Å²) in [5.41, 5.74) is 2.12. The molecule has 4 nitrogen and oxygen atoms in total. The molecule has 0 unspecified atom stereocenters. The zero-order chi connectivity index (χ0) is 14.2. The normalized spacial score (nSPS) is 20.5. The van der Waals surface area contributed by atoms with Crippen LogP contribution in [0.3, 0.4) is 0 Å². The molecule has 0 N–H and O–H groups in total. The van der Waals surface area contributed by atoms with Crippen LogP contribution in [0.1, 0.15) is 42.2 Å². The Morgan fingerprint density at radius 2 is 2.00 bits per heavy atom. The minimum absolute atomic E-state index is 0.175. The number of rotatable bonds is 2. The van der Waals surface area contributed by atoms with E-state index in [0.29, 0.717) is 32.3 Å². The van der Waals surface area contributed by atoms with Crippen LogP contribution in [0.15, 0.2) is 17.5 Å². The van der Waals surface area contributed by atoms with Crippen LogP contribution >= 0.6 is 11.3 Å². The second-order valence-electron chi connectivity index (χ2n) is 5.91. The molecule has 2 aromatic heterocycles. The third kappa shape index (κ3) is 2.28. The van der Waals surface area contributed by atoms with Gasteiger partial charge in [0.05, 0.1) is 23.4 Å². The molecule has 1 amide bonds. The Hall–Kier alpha value is -1.33. The van der Waals surface area contributed by atoms with Gasteiger partial charge in [0.2, 0.25) is 0 Å². The molecule has 2 fully saturated rings. The highest BCUT2D eigenvalue weighted by Gasteiger charge is 2.28. The Bertz CT molecular complexity index is 648. The lowest BCUT2D eigenvalue weighted by Crippen LogP contribution is -2.41. The first-order valence-electron chi connectivity index (χ1n) is 7.80. The molecule has 0 atom stereocenters. The largest absolute Gasteiger partial charge is 0.378 e. The maximum atomic E-state index is 12.9. The average Bonchev–Trinajstić information content (AvgIpc) is 3.23. The minimum atomic E-state index is 0.175. The molecular formula is C16H20N2O2S. The van der Waals surface area contributed by atoms with E-state index >= 15 is 0 Å².